The largest absolute Gasteiger partial charge is 0.277 e. The quantitative estimate of drug-likeness (QED) is 0.183. The average Bonchev–Trinajstić information content (AvgIpc) is 2.92. The molecule has 36 heavy (non-hydrogen) atoms. The van der Waals surface area contributed by atoms with Gasteiger partial charge in [0.2, 0.25) is 0 Å². The molecule has 2 fully saturated rings. The van der Waals surface area contributed by atoms with E-state index in [0.29, 0.717) is 0 Å². The summed E-state index contributed by atoms with van der Waals surface area (Å²) in [4.78, 5) is 8.35. The molecule has 0 bridgehead atoms. The van der Waals surface area contributed by atoms with Gasteiger partial charge in [0, 0.05) is 19.6 Å². The Balaban J connectivity index is 0.000000936. The van der Waals surface area contributed by atoms with Crippen LogP contribution in [0.2, 0.25) is 0 Å². The summed E-state index contributed by atoms with van der Waals surface area (Å²) in [6.07, 6.45) is 25.4. The highest BCUT2D eigenvalue weighted by Crippen LogP contribution is 2.22. The van der Waals surface area contributed by atoms with Crippen LogP contribution in [0.3, 0.4) is 0 Å². The third kappa shape index (κ3) is 16.0. The maximum absolute atomic E-state index is 2.78. The number of hydrogen-bond donors (Lipinski definition) is 0. The van der Waals surface area contributed by atoms with Crippen LogP contribution < -0.4 is 0 Å². The summed E-state index contributed by atoms with van der Waals surface area (Å²) >= 11 is 0. The SMILES string of the molecule is C1CCCCC1.CCCCC(CC)CN1CN(CC(CC)CCCC)CN(CC(CC)CCCC)C1. The number of unbranched alkanes of at least 4 members (excludes halogenated alkanes) is 3. The summed E-state index contributed by atoms with van der Waals surface area (Å²) < 4.78 is 0. The maximum atomic E-state index is 2.78. The lowest BCUT2D eigenvalue weighted by Gasteiger charge is -2.45. The van der Waals surface area contributed by atoms with E-state index in [4.69, 9.17) is 0 Å². The molecule has 1 saturated heterocycles. The first-order valence-electron chi connectivity index (χ1n) is 16.8. The lowest BCUT2D eigenvalue weighted by atomic mass is 9.97. The first kappa shape index (κ1) is 33.9. The van der Waals surface area contributed by atoms with Gasteiger partial charge in [0.15, 0.2) is 0 Å². The first-order valence-corrected chi connectivity index (χ1v) is 16.8. The molecule has 216 valence electrons. The Morgan fingerprint density at radius 1 is 0.417 bits per heavy atom. The monoisotopic (exact) mass is 508 g/mol. The fourth-order valence-electron chi connectivity index (χ4n) is 6.24. The molecule has 3 unspecified atom stereocenters. The summed E-state index contributed by atoms with van der Waals surface area (Å²) in [6.45, 7) is 21.6. The molecule has 2 rings (SSSR count). The van der Waals surface area contributed by atoms with E-state index in [-0.39, 0.29) is 0 Å². The molecule has 1 saturated carbocycles. The number of hydrogen-bond acceptors (Lipinski definition) is 3. The Labute approximate surface area is 229 Å². The van der Waals surface area contributed by atoms with Crippen LogP contribution in [0.5, 0.6) is 0 Å². The standard InChI is InChI=1S/C27H57N3.C6H12/c1-7-13-16-25(10-4)19-28-22-29(20-26(11-5)17-14-8-2)24-30(23-28)21-27(12-6)18-15-9-3;1-2-4-6-5-3-1/h25-27H,7-24H2,1-6H3;1-6H2. The highest BCUT2D eigenvalue weighted by Gasteiger charge is 2.27. The highest BCUT2D eigenvalue weighted by atomic mass is 15.5. The molecule has 0 spiro atoms. The molecule has 0 radical (unpaired) electrons. The van der Waals surface area contributed by atoms with Gasteiger partial charge in [0.1, 0.15) is 0 Å². The van der Waals surface area contributed by atoms with Crippen LogP contribution in [0.1, 0.15) is 157 Å². The molecule has 3 heteroatoms. The van der Waals surface area contributed by atoms with Crippen LogP contribution in [0.25, 0.3) is 0 Å². The Morgan fingerprint density at radius 2 is 0.667 bits per heavy atom. The lowest BCUT2D eigenvalue weighted by Crippen LogP contribution is -2.57. The van der Waals surface area contributed by atoms with Crippen molar-refractivity contribution in [1.82, 2.24) is 14.7 Å². The highest BCUT2D eigenvalue weighted by molar-refractivity contribution is 4.76. The van der Waals surface area contributed by atoms with E-state index < -0.39 is 0 Å². The van der Waals surface area contributed by atoms with Crippen LogP contribution in [0.4, 0.5) is 0 Å². The first-order chi connectivity index (χ1) is 17.6. The van der Waals surface area contributed by atoms with E-state index in [1.165, 1.54) is 155 Å². The predicted octanol–water partition coefficient (Wildman–Crippen LogP) is 9.77. The van der Waals surface area contributed by atoms with Crippen molar-refractivity contribution in [2.75, 3.05) is 39.6 Å². The average molecular weight is 508 g/mol. The zero-order chi connectivity index (χ0) is 26.4. The molecule has 1 aliphatic heterocycles. The van der Waals surface area contributed by atoms with Crippen molar-refractivity contribution in [2.45, 2.75) is 157 Å². The topological polar surface area (TPSA) is 9.72 Å². The minimum absolute atomic E-state index is 0.871. The zero-order valence-electron chi connectivity index (χ0n) is 26.0. The number of rotatable bonds is 18. The molecule has 1 aliphatic carbocycles. The summed E-state index contributed by atoms with van der Waals surface area (Å²) in [6, 6.07) is 0. The molecule has 0 N–H and O–H groups in total. The van der Waals surface area contributed by atoms with Gasteiger partial charge in [0.25, 0.3) is 0 Å². The van der Waals surface area contributed by atoms with E-state index >= 15 is 0 Å². The van der Waals surface area contributed by atoms with Crippen LogP contribution >= 0.6 is 0 Å². The summed E-state index contributed by atoms with van der Waals surface area (Å²) in [7, 11) is 0. The van der Waals surface area contributed by atoms with E-state index in [9.17, 15) is 0 Å². The molecular weight excluding hydrogens is 438 g/mol. The second-order valence-corrected chi connectivity index (χ2v) is 12.4. The Morgan fingerprint density at radius 3 is 0.861 bits per heavy atom. The van der Waals surface area contributed by atoms with Gasteiger partial charge in [-0.3, -0.25) is 14.7 Å². The smallest absolute Gasteiger partial charge is 0.0530 e. The third-order valence-electron chi connectivity index (χ3n) is 8.88. The van der Waals surface area contributed by atoms with Gasteiger partial charge in [0.05, 0.1) is 20.0 Å². The van der Waals surface area contributed by atoms with Crippen LogP contribution in [-0.4, -0.2) is 54.3 Å². The van der Waals surface area contributed by atoms with E-state index in [1.54, 1.807) is 0 Å². The zero-order valence-corrected chi connectivity index (χ0v) is 26.0. The molecule has 2 aliphatic rings. The van der Waals surface area contributed by atoms with Crippen molar-refractivity contribution in [3.05, 3.63) is 0 Å². The van der Waals surface area contributed by atoms with Crippen molar-refractivity contribution in [3.63, 3.8) is 0 Å². The molecule has 0 aromatic heterocycles. The minimum Gasteiger partial charge on any atom is -0.277 e. The third-order valence-corrected chi connectivity index (χ3v) is 8.88. The summed E-state index contributed by atoms with van der Waals surface area (Å²) in [5.41, 5.74) is 0. The Bertz CT molecular complexity index is 389. The Hall–Kier alpha value is -0.120. The van der Waals surface area contributed by atoms with Gasteiger partial charge >= 0.3 is 0 Å². The van der Waals surface area contributed by atoms with Gasteiger partial charge in [-0.2, -0.15) is 0 Å². The summed E-state index contributed by atoms with van der Waals surface area (Å²) in [5, 5.41) is 0. The molecule has 1 heterocycles. The van der Waals surface area contributed by atoms with Crippen molar-refractivity contribution in [1.29, 1.82) is 0 Å². The van der Waals surface area contributed by atoms with Crippen molar-refractivity contribution >= 4 is 0 Å². The normalized spacial score (nSPS) is 20.5. The predicted molar refractivity (Wildman–Crippen MR) is 162 cm³/mol. The molecule has 3 nitrogen and oxygen atoms in total. The van der Waals surface area contributed by atoms with Gasteiger partial charge in [-0.15, -0.1) is 0 Å². The van der Waals surface area contributed by atoms with Gasteiger partial charge < -0.3 is 0 Å². The maximum Gasteiger partial charge on any atom is 0.0530 e. The lowest BCUT2D eigenvalue weighted by molar-refractivity contribution is -0.0501. The van der Waals surface area contributed by atoms with Gasteiger partial charge in [-0.1, -0.05) is 138 Å². The van der Waals surface area contributed by atoms with Crippen molar-refractivity contribution in [3.8, 4) is 0 Å². The molecule has 0 amide bonds. The second kappa shape index (κ2) is 22.8. The van der Waals surface area contributed by atoms with Crippen molar-refractivity contribution in [2.24, 2.45) is 17.8 Å². The molecule has 0 aromatic rings. The summed E-state index contributed by atoms with van der Waals surface area (Å²) in [5.74, 6) is 2.61. The molecule has 3 atom stereocenters. The van der Waals surface area contributed by atoms with Crippen molar-refractivity contribution < 1.29 is 0 Å². The van der Waals surface area contributed by atoms with Gasteiger partial charge in [-0.05, 0) is 37.0 Å². The van der Waals surface area contributed by atoms with Crippen LogP contribution in [0, 0.1) is 17.8 Å². The minimum atomic E-state index is 0.871. The second-order valence-electron chi connectivity index (χ2n) is 12.4. The van der Waals surface area contributed by atoms with Crippen LogP contribution in [0.15, 0.2) is 0 Å². The number of nitrogens with zero attached hydrogens (tertiary/aromatic N) is 3. The van der Waals surface area contributed by atoms with Crippen LogP contribution in [-0.2, 0) is 0 Å². The van der Waals surface area contributed by atoms with E-state index in [0.717, 1.165) is 17.8 Å². The fraction of sp³-hybridized carbons (Fsp3) is 1.00. The van der Waals surface area contributed by atoms with E-state index in [1.807, 2.05) is 0 Å². The molecule has 0 aromatic carbocycles. The molecular formula is C33H69N3. The fourth-order valence-corrected chi connectivity index (χ4v) is 6.24. The Kier molecular flexibility index (Phi) is 21.5. The van der Waals surface area contributed by atoms with E-state index in [2.05, 4.69) is 56.2 Å². The van der Waals surface area contributed by atoms with Gasteiger partial charge in [-0.25, -0.2) is 0 Å².